The molecule has 1 aromatic rings. The van der Waals surface area contributed by atoms with Crippen molar-refractivity contribution in [1.29, 1.82) is 0 Å². The molecule has 2 N–H and O–H groups in total. The molecule has 0 radical (unpaired) electrons. The van der Waals surface area contributed by atoms with Gasteiger partial charge in [-0.15, -0.1) is 11.3 Å². The molecule has 68 valence electrons. The minimum absolute atomic E-state index is 0.375. The predicted octanol–water partition coefficient (Wildman–Crippen LogP) is 1.35. The van der Waals surface area contributed by atoms with E-state index in [-0.39, 0.29) is 0 Å². The van der Waals surface area contributed by atoms with Gasteiger partial charge in [0, 0.05) is 25.0 Å². The lowest BCUT2D eigenvalue weighted by Gasteiger charge is -2.04. The molecule has 0 amide bonds. The fourth-order valence-electron chi connectivity index (χ4n) is 0.964. The van der Waals surface area contributed by atoms with Crippen molar-refractivity contribution in [1.82, 2.24) is 4.98 Å². The van der Waals surface area contributed by atoms with Crippen LogP contribution < -0.4 is 5.73 Å². The molecule has 12 heavy (non-hydrogen) atoms. The van der Waals surface area contributed by atoms with Gasteiger partial charge in [0.25, 0.3) is 0 Å². The maximum absolute atomic E-state index is 5.45. The molecule has 0 aromatic carbocycles. The molecule has 0 saturated heterocycles. The van der Waals surface area contributed by atoms with Crippen LogP contribution in [0.2, 0.25) is 0 Å². The zero-order chi connectivity index (χ0) is 8.97. The van der Waals surface area contributed by atoms with Crippen molar-refractivity contribution in [2.45, 2.75) is 19.4 Å². The Labute approximate surface area is 76.6 Å². The van der Waals surface area contributed by atoms with Crippen molar-refractivity contribution in [3.63, 3.8) is 0 Å². The van der Waals surface area contributed by atoms with E-state index in [1.54, 1.807) is 18.4 Å². The summed E-state index contributed by atoms with van der Waals surface area (Å²) in [5.74, 6) is 0.375. The lowest BCUT2D eigenvalue weighted by molar-refractivity contribution is 0.184. The highest BCUT2D eigenvalue weighted by atomic mass is 32.1. The third-order valence-electron chi connectivity index (χ3n) is 1.62. The molecule has 0 fully saturated rings. The van der Waals surface area contributed by atoms with E-state index in [4.69, 9.17) is 10.5 Å². The van der Waals surface area contributed by atoms with Gasteiger partial charge < -0.3 is 10.5 Å². The summed E-state index contributed by atoms with van der Waals surface area (Å²) in [7, 11) is 1.70. The first-order valence-corrected chi connectivity index (χ1v) is 4.79. The maximum Gasteiger partial charge on any atom is 0.0980 e. The average molecular weight is 186 g/mol. The number of thiazole rings is 1. The van der Waals surface area contributed by atoms with Crippen LogP contribution in [0.25, 0.3) is 0 Å². The number of nitrogens with zero attached hydrogens (tertiary/aromatic N) is 1. The monoisotopic (exact) mass is 186 g/mol. The van der Waals surface area contributed by atoms with Gasteiger partial charge in [-0.3, -0.25) is 0 Å². The quantitative estimate of drug-likeness (QED) is 0.772. The standard InChI is InChI=1S/C8H14N2OS/c1-6(4-11-2)8-10-7(3-9)5-12-8/h5-6H,3-4,9H2,1-2H3. The molecular formula is C8H14N2OS. The zero-order valence-corrected chi connectivity index (χ0v) is 8.23. The third-order valence-corrected chi connectivity index (χ3v) is 2.74. The van der Waals surface area contributed by atoms with E-state index in [0.717, 1.165) is 17.3 Å². The van der Waals surface area contributed by atoms with Crippen LogP contribution in [0.15, 0.2) is 5.38 Å². The molecule has 0 saturated carbocycles. The highest BCUT2D eigenvalue weighted by molar-refractivity contribution is 7.09. The fourth-order valence-corrected chi connectivity index (χ4v) is 1.84. The second-order valence-electron chi connectivity index (χ2n) is 2.74. The number of methoxy groups -OCH3 is 1. The summed E-state index contributed by atoms with van der Waals surface area (Å²) in [6.07, 6.45) is 0. The Kier molecular flexibility index (Phi) is 3.65. The van der Waals surface area contributed by atoms with Gasteiger partial charge in [-0.05, 0) is 0 Å². The van der Waals surface area contributed by atoms with E-state index in [1.807, 2.05) is 5.38 Å². The van der Waals surface area contributed by atoms with E-state index < -0.39 is 0 Å². The SMILES string of the molecule is COCC(C)c1nc(CN)cs1. The van der Waals surface area contributed by atoms with Crippen molar-refractivity contribution < 1.29 is 4.74 Å². The first kappa shape index (κ1) is 9.64. The van der Waals surface area contributed by atoms with Crippen molar-refractivity contribution in [3.8, 4) is 0 Å². The van der Waals surface area contributed by atoms with Gasteiger partial charge in [-0.1, -0.05) is 6.92 Å². The van der Waals surface area contributed by atoms with Gasteiger partial charge in [0.1, 0.15) is 0 Å². The molecule has 1 heterocycles. The lowest BCUT2D eigenvalue weighted by atomic mass is 10.2. The zero-order valence-electron chi connectivity index (χ0n) is 7.41. The minimum Gasteiger partial charge on any atom is -0.384 e. The van der Waals surface area contributed by atoms with Crippen LogP contribution >= 0.6 is 11.3 Å². The molecule has 3 nitrogen and oxygen atoms in total. The van der Waals surface area contributed by atoms with Crippen molar-refractivity contribution in [3.05, 3.63) is 16.1 Å². The average Bonchev–Trinajstić information content (AvgIpc) is 2.52. The highest BCUT2D eigenvalue weighted by Crippen LogP contribution is 2.19. The van der Waals surface area contributed by atoms with Gasteiger partial charge in [0.15, 0.2) is 0 Å². The number of ether oxygens (including phenoxy) is 1. The van der Waals surface area contributed by atoms with Gasteiger partial charge in [-0.25, -0.2) is 4.98 Å². The Hall–Kier alpha value is -0.450. The van der Waals surface area contributed by atoms with Gasteiger partial charge in [0.2, 0.25) is 0 Å². The number of rotatable bonds is 4. The van der Waals surface area contributed by atoms with E-state index >= 15 is 0 Å². The van der Waals surface area contributed by atoms with Crippen LogP contribution in [0.5, 0.6) is 0 Å². The Morgan fingerprint density at radius 3 is 3.00 bits per heavy atom. The summed E-state index contributed by atoms with van der Waals surface area (Å²) >= 11 is 1.65. The van der Waals surface area contributed by atoms with Gasteiger partial charge >= 0.3 is 0 Å². The molecule has 1 aromatic heterocycles. The fraction of sp³-hybridized carbons (Fsp3) is 0.625. The van der Waals surface area contributed by atoms with Crippen LogP contribution in [-0.4, -0.2) is 18.7 Å². The van der Waals surface area contributed by atoms with E-state index in [0.29, 0.717) is 12.5 Å². The predicted molar refractivity (Wildman–Crippen MR) is 50.3 cm³/mol. The summed E-state index contributed by atoms with van der Waals surface area (Å²) in [5.41, 5.74) is 6.42. The molecule has 0 aliphatic carbocycles. The van der Waals surface area contributed by atoms with Crippen LogP contribution in [0.1, 0.15) is 23.5 Å². The van der Waals surface area contributed by atoms with Crippen LogP contribution in [0.4, 0.5) is 0 Å². The van der Waals surface area contributed by atoms with E-state index in [1.165, 1.54) is 0 Å². The molecule has 1 rings (SSSR count). The summed E-state index contributed by atoms with van der Waals surface area (Å²) in [6, 6.07) is 0. The Morgan fingerprint density at radius 1 is 1.75 bits per heavy atom. The van der Waals surface area contributed by atoms with Crippen molar-refractivity contribution in [2.75, 3.05) is 13.7 Å². The molecule has 4 heteroatoms. The topological polar surface area (TPSA) is 48.1 Å². The van der Waals surface area contributed by atoms with Gasteiger partial charge in [-0.2, -0.15) is 0 Å². The molecule has 0 bridgehead atoms. The largest absolute Gasteiger partial charge is 0.384 e. The number of hydrogen-bond acceptors (Lipinski definition) is 4. The summed E-state index contributed by atoms with van der Waals surface area (Å²) in [4.78, 5) is 4.36. The molecule has 0 aliphatic rings. The first-order valence-electron chi connectivity index (χ1n) is 3.91. The van der Waals surface area contributed by atoms with Crippen molar-refractivity contribution >= 4 is 11.3 Å². The summed E-state index contributed by atoms with van der Waals surface area (Å²) < 4.78 is 5.04. The van der Waals surface area contributed by atoms with Crippen molar-refractivity contribution in [2.24, 2.45) is 5.73 Å². The van der Waals surface area contributed by atoms with Crippen LogP contribution in [-0.2, 0) is 11.3 Å². The summed E-state index contributed by atoms with van der Waals surface area (Å²) in [5, 5.41) is 3.11. The normalized spacial score (nSPS) is 13.2. The van der Waals surface area contributed by atoms with Crippen LogP contribution in [0.3, 0.4) is 0 Å². The molecule has 0 aliphatic heterocycles. The van der Waals surface area contributed by atoms with Crippen LogP contribution in [0, 0.1) is 0 Å². The van der Waals surface area contributed by atoms with E-state index in [9.17, 15) is 0 Å². The molecule has 1 unspecified atom stereocenters. The van der Waals surface area contributed by atoms with E-state index in [2.05, 4.69) is 11.9 Å². The highest BCUT2D eigenvalue weighted by Gasteiger charge is 2.08. The minimum atomic E-state index is 0.375. The first-order chi connectivity index (χ1) is 5.77. The lowest BCUT2D eigenvalue weighted by Crippen LogP contribution is -2.02. The number of hydrogen-bond donors (Lipinski definition) is 1. The number of nitrogens with two attached hydrogens (primary N) is 1. The Morgan fingerprint density at radius 2 is 2.50 bits per heavy atom. The van der Waals surface area contributed by atoms with Gasteiger partial charge in [0.05, 0.1) is 17.3 Å². The maximum atomic E-state index is 5.45. The smallest absolute Gasteiger partial charge is 0.0980 e. The Bertz CT molecular complexity index is 237. The number of aromatic nitrogens is 1. The molecular weight excluding hydrogens is 172 g/mol. The second kappa shape index (κ2) is 4.54. The molecule has 1 atom stereocenters. The summed E-state index contributed by atoms with van der Waals surface area (Å²) in [6.45, 7) is 3.34. The second-order valence-corrected chi connectivity index (χ2v) is 3.63. The Balaban J connectivity index is 2.61. The third kappa shape index (κ3) is 2.27. The molecule has 0 spiro atoms.